The molecule has 0 aromatic heterocycles. The van der Waals surface area contributed by atoms with Gasteiger partial charge in [-0.25, -0.2) is 4.79 Å². The molecule has 2 rings (SSSR count). The number of ether oxygens (including phenoxy) is 3. The number of nitrogens with one attached hydrogen (secondary N) is 2. The van der Waals surface area contributed by atoms with Gasteiger partial charge >= 0.3 is 6.09 Å². The van der Waals surface area contributed by atoms with E-state index in [0.717, 1.165) is 11.1 Å². The molecule has 0 radical (unpaired) electrons. The molecular formula is C21H25N3O5. The standard InChI is InChI=1S/C21H25N3O5/c1-27-18-11-16(12-19(13-18)28-2)4-3-15-5-7-17(8-6-15)29-21(26)24-10-9-23-20(25)14-22/h3-8,11-13H,9-10,14,22H2,1-2H3,(H,23,25)(H,24,26)/b4-3+. The zero-order valence-corrected chi connectivity index (χ0v) is 16.4. The Labute approximate surface area is 169 Å². The van der Waals surface area contributed by atoms with E-state index in [4.69, 9.17) is 19.9 Å². The monoisotopic (exact) mass is 399 g/mol. The summed E-state index contributed by atoms with van der Waals surface area (Å²) in [5.41, 5.74) is 7.04. The Hall–Kier alpha value is -3.52. The molecule has 0 saturated heterocycles. The molecule has 2 amide bonds. The number of carbonyl (C=O) groups excluding carboxylic acids is 2. The van der Waals surface area contributed by atoms with Crippen LogP contribution in [-0.2, 0) is 4.79 Å². The number of hydrogen-bond donors (Lipinski definition) is 3. The van der Waals surface area contributed by atoms with Crippen molar-refractivity contribution in [2.75, 3.05) is 33.9 Å². The molecule has 0 aliphatic rings. The van der Waals surface area contributed by atoms with Gasteiger partial charge in [0.1, 0.15) is 17.2 Å². The number of hydrogen-bond acceptors (Lipinski definition) is 6. The summed E-state index contributed by atoms with van der Waals surface area (Å²) in [6.07, 6.45) is 3.26. The van der Waals surface area contributed by atoms with E-state index in [0.29, 0.717) is 17.2 Å². The third-order valence-corrected chi connectivity index (χ3v) is 3.83. The lowest BCUT2D eigenvalue weighted by atomic mass is 10.1. The minimum atomic E-state index is -0.598. The van der Waals surface area contributed by atoms with E-state index in [1.165, 1.54) is 0 Å². The fourth-order valence-electron chi connectivity index (χ4n) is 2.35. The van der Waals surface area contributed by atoms with Crippen molar-refractivity contribution in [3.05, 3.63) is 53.6 Å². The van der Waals surface area contributed by atoms with Gasteiger partial charge in [0.2, 0.25) is 5.91 Å². The summed E-state index contributed by atoms with van der Waals surface area (Å²) in [7, 11) is 3.21. The molecule has 0 bridgehead atoms. The van der Waals surface area contributed by atoms with Gasteiger partial charge in [0.25, 0.3) is 0 Å². The molecule has 0 aliphatic carbocycles. The van der Waals surface area contributed by atoms with Crippen molar-refractivity contribution in [3.63, 3.8) is 0 Å². The Morgan fingerprint density at radius 3 is 2.03 bits per heavy atom. The number of carbonyl (C=O) groups is 2. The molecule has 29 heavy (non-hydrogen) atoms. The molecule has 154 valence electrons. The Bertz CT molecular complexity index is 828. The largest absolute Gasteiger partial charge is 0.497 e. The molecule has 0 saturated carbocycles. The molecular weight excluding hydrogens is 374 g/mol. The van der Waals surface area contributed by atoms with Gasteiger partial charge in [-0.3, -0.25) is 4.79 Å². The lowest BCUT2D eigenvalue weighted by Gasteiger charge is -2.07. The van der Waals surface area contributed by atoms with Gasteiger partial charge in [0.15, 0.2) is 0 Å². The van der Waals surface area contributed by atoms with E-state index in [1.807, 2.05) is 36.4 Å². The highest BCUT2D eigenvalue weighted by molar-refractivity contribution is 5.77. The van der Waals surface area contributed by atoms with Gasteiger partial charge in [-0.15, -0.1) is 0 Å². The third-order valence-electron chi connectivity index (χ3n) is 3.83. The highest BCUT2D eigenvalue weighted by atomic mass is 16.6. The first-order valence-corrected chi connectivity index (χ1v) is 8.97. The molecule has 8 nitrogen and oxygen atoms in total. The summed E-state index contributed by atoms with van der Waals surface area (Å²) >= 11 is 0. The molecule has 0 spiro atoms. The van der Waals surface area contributed by atoms with Crippen LogP contribution < -0.4 is 30.6 Å². The molecule has 0 unspecified atom stereocenters. The van der Waals surface area contributed by atoms with Crippen LogP contribution in [0, 0.1) is 0 Å². The van der Waals surface area contributed by atoms with E-state index in [-0.39, 0.29) is 25.5 Å². The Kier molecular flexibility index (Phi) is 8.52. The first-order chi connectivity index (χ1) is 14.0. The molecule has 2 aromatic carbocycles. The smallest absolute Gasteiger partial charge is 0.412 e. The molecule has 8 heteroatoms. The summed E-state index contributed by atoms with van der Waals surface area (Å²) in [4.78, 5) is 22.7. The summed E-state index contributed by atoms with van der Waals surface area (Å²) < 4.78 is 15.7. The lowest BCUT2D eigenvalue weighted by Crippen LogP contribution is -2.38. The first kappa shape index (κ1) is 21.8. The average Bonchev–Trinajstić information content (AvgIpc) is 2.75. The minimum absolute atomic E-state index is 0.0867. The van der Waals surface area contributed by atoms with Crippen LogP contribution in [0.15, 0.2) is 42.5 Å². The Morgan fingerprint density at radius 2 is 1.45 bits per heavy atom. The fraction of sp³-hybridized carbons (Fsp3) is 0.238. The number of benzene rings is 2. The van der Waals surface area contributed by atoms with E-state index in [1.54, 1.807) is 32.4 Å². The highest BCUT2D eigenvalue weighted by Crippen LogP contribution is 2.24. The number of amides is 2. The van der Waals surface area contributed by atoms with Gasteiger partial charge in [0, 0.05) is 19.2 Å². The maximum atomic E-state index is 11.7. The van der Waals surface area contributed by atoms with Gasteiger partial charge < -0.3 is 30.6 Å². The Balaban J connectivity index is 1.87. The number of nitrogens with two attached hydrogens (primary N) is 1. The maximum Gasteiger partial charge on any atom is 0.412 e. The maximum absolute atomic E-state index is 11.7. The topological polar surface area (TPSA) is 112 Å². The van der Waals surface area contributed by atoms with Gasteiger partial charge in [-0.05, 0) is 35.4 Å². The van der Waals surface area contributed by atoms with Crippen LogP contribution in [-0.4, -0.2) is 45.9 Å². The predicted octanol–water partition coefficient (Wildman–Crippen LogP) is 2.04. The van der Waals surface area contributed by atoms with Crippen molar-refractivity contribution < 1.29 is 23.8 Å². The second kappa shape index (κ2) is 11.4. The van der Waals surface area contributed by atoms with E-state index in [2.05, 4.69) is 10.6 Å². The summed E-state index contributed by atoms with van der Waals surface area (Å²) in [5, 5.41) is 5.08. The van der Waals surface area contributed by atoms with E-state index < -0.39 is 6.09 Å². The summed E-state index contributed by atoms with van der Waals surface area (Å²) in [5.74, 6) is 1.55. The van der Waals surface area contributed by atoms with Crippen LogP contribution >= 0.6 is 0 Å². The van der Waals surface area contributed by atoms with Gasteiger partial charge in [-0.2, -0.15) is 0 Å². The number of methoxy groups -OCH3 is 2. The van der Waals surface area contributed by atoms with Crippen molar-refractivity contribution in [1.82, 2.24) is 10.6 Å². The molecule has 0 atom stereocenters. The van der Waals surface area contributed by atoms with Crippen LogP contribution in [0.1, 0.15) is 11.1 Å². The van der Waals surface area contributed by atoms with Crippen LogP contribution in [0.3, 0.4) is 0 Å². The van der Waals surface area contributed by atoms with Crippen molar-refractivity contribution in [1.29, 1.82) is 0 Å². The van der Waals surface area contributed by atoms with Crippen LogP contribution in [0.4, 0.5) is 4.79 Å². The van der Waals surface area contributed by atoms with Crippen molar-refractivity contribution in [2.24, 2.45) is 5.73 Å². The van der Waals surface area contributed by atoms with Gasteiger partial charge in [-0.1, -0.05) is 24.3 Å². The van der Waals surface area contributed by atoms with Gasteiger partial charge in [0.05, 0.1) is 20.8 Å². The molecule has 2 aromatic rings. The second-order valence-corrected chi connectivity index (χ2v) is 5.92. The SMILES string of the molecule is COc1cc(/C=C/c2ccc(OC(=O)NCCNC(=O)CN)cc2)cc(OC)c1. The predicted molar refractivity (Wildman–Crippen MR) is 111 cm³/mol. The zero-order valence-electron chi connectivity index (χ0n) is 16.4. The molecule has 0 heterocycles. The summed E-state index contributed by atoms with van der Waals surface area (Å²) in [6, 6.07) is 12.7. The Morgan fingerprint density at radius 1 is 0.862 bits per heavy atom. The molecule has 0 aliphatic heterocycles. The van der Waals surface area contributed by atoms with Crippen LogP contribution in [0.25, 0.3) is 12.2 Å². The second-order valence-electron chi connectivity index (χ2n) is 5.92. The normalized spacial score (nSPS) is 10.4. The highest BCUT2D eigenvalue weighted by Gasteiger charge is 2.04. The van der Waals surface area contributed by atoms with E-state index >= 15 is 0 Å². The van der Waals surface area contributed by atoms with Crippen molar-refractivity contribution in [2.45, 2.75) is 0 Å². The quantitative estimate of drug-likeness (QED) is 0.439. The molecule has 4 N–H and O–H groups in total. The van der Waals surface area contributed by atoms with Crippen molar-refractivity contribution in [3.8, 4) is 17.2 Å². The lowest BCUT2D eigenvalue weighted by molar-refractivity contribution is -0.119. The van der Waals surface area contributed by atoms with Crippen LogP contribution in [0.2, 0.25) is 0 Å². The first-order valence-electron chi connectivity index (χ1n) is 8.97. The minimum Gasteiger partial charge on any atom is -0.497 e. The number of rotatable bonds is 9. The summed E-state index contributed by atoms with van der Waals surface area (Å²) in [6.45, 7) is 0.440. The zero-order chi connectivity index (χ0) is 21.1. The fourth-order valence-corrected chi connectivity index (χ4v) is 2.35. The van der Waals surface area contributed by atoms with E-state index in [9.17, 15) is 9.59 Å². The van der Waals surface area contributed by atoms with Crippen LogP contribution in [0.5, 0.6) is 17.2 Å². The average molecular weight is 399 g/mol. The molecule has 0 fully saturated rings. The van der Waals surface area contributed by atoms with Crippen molar-refractivity contribution >= 4 is 24.2 Å². The third kappa shape index (κ3) is 7.55.